The number of nitrogens with zero attached hydrogens (tertiary/aromatic N) is 2. The van der Waals surface area contributed by atoms with Crippen LogP contribution in [0.2, 0.25) is 0 Å². The lowest BCUT2D eigenvalue weighted by Gasteiger charge is -2.07. The standard InChI is InChI=1S/C21H16N4O2S/c26-19(23-13-16-5-3-4-12-22-16)20(27)24-15-10-8-14(9-11-15)21-25-17-6-1-2-7-18(17)28-21/h1-12H,13H2,(H,23,26)(H,24,27). The number of thiazole rings is 1. The Bertz CT molecular complexity index is 1090. The average Bonchev–Trinajstić information content (AvgIpc) is 3.17. The first kappa shape index (κ1) is 17.8. The van der Waals surface area contributed by atoms with Crippen LogP contribution in [0, 0.1) is 0 Å². The maximum Gasteiger partial charge on any atom is 0.313 e. The summed E-state index contributed by atoms with van der Waals surface area (Å²) in [4.78, 5) is 32.7. The van der Waals surface area contributed by atoms with E-state index in [0.717, 1.165) is 20.8 Å². The van der Waals surface area contributed by atoms with Gasteiger partial charge in [-0.3, -0.25) is 14.6 Å². The van der Waals surface area contributed by atoms with Crippen molar-refractivity contribution in [2.45, 2.75) is 6.54 Å². The molecule has 7 heteroatoms. The number of anilines is 1. The number of hydrogen-bond donors (Lipinski definition) is 2. The fraction of sp³-hybridized carbons (Fsp3) is 0.0476. The van der Waals surface area contributed by atoms with Crippen molar-refractivity contribution in [3.8, 4) is 10.6 Å². The van der Waals surface area contributed by atoms with Gasteiger partial charge in [-0.1, -0.05) is 18.2 Å². The van der Waals surface area contributed by atoms with Gasteiger partial charge in [-0.25, -0.2) is 4.98 Å². The van der Waals surface area contributed by atoms with E-state index >= 15 is 0 Å². The molecule has 0 saturated heterocycles. The van der Waals surface area contributed by atoms with Gasteiger partial charge < -0.3 is 10.6 Å². The molecule has 0 atom stereocenters. The van der Waals surface area contributed by atoms with Crippen LogP contribution in [0.5, 0.6) is 0 Å². The fourth-order valence-electron chi connectivity index (χ4n) is 2.63. The molecule has 28 heavy (non-hydrogen) atoms. The van der Waals surface area contributed by atoms with Crippen molar-refractivity contribution < 1.29 is 9.59 Å². The van der Waals surface area contributed by atoms with E-state index in [9.17, 15) is 9.59 Å². The second-order valence-corrected chi connectivity index (χ2v) is 7.05. The number of fused-ring (bicyclic) bond motifs is 1. The number of amides is 2. The summed E-state index contributed by atoms with van der Waals surface area (Å²) in [6, 6.07) is 20.6. The van der Waals surface area contributed by atoms with Gasteiger partial charge in [-0.2, -0.15) is 0 Å². The number of benzene rings is 2. The molecule has 2 amide bonds. The summed E-state index contributed by atoms with van der Waals surface area (Å²) in [6.45, 7) is 0.198. The number of nitrogens with one attached hydrogen (secondary N) is 2. The number of aromatic nitrogens is 2. The zero-order valence-electron chi connectivity index (χ0n) is 14.8. The number of rotatable bonds is 4. The first-order valence-corrected chi connectivity index (χ1v) is 9.46. The molecule has 2 N–H and O–H groups in total. The predicted molar refractivity (Wildman–Crippen MR) is 110 cm³/mol. The van der Waals surface area contributed by atoms with E-state index in [1.54, 1.807) is 41.8 Å². The molecule has 0 spiro atoms. The summed E-state index contributed by atoms with van der Waals surface area (Å²) in [5.41, 5.74) is 3.15. The summed E-state index contributed by atoms with van der Waals surface area (Å²) in [7, 11) is 0. The van der Waals surface area contributed by atoms with Crippen LogP contribution in [0.3, 0.4) is 0 Å². The number of pyridine rings is 1. The molecule has 2 aromatic heterocycles. The number of para-hydroxylation sites is 1. The number of carbonyl (C=O) groups is 2. The zero-order chi connectivity index (χ0) is 19.3. The van der Waals surface area contributed by atoms with Crippen LogP contribution in [0.1, 0.15) is 5.69 Å². The Morgan fingerprint density at radius 3 is 2.43 bits per heavy atom. The molecule has 0 aliphatic heterocycles. The Hall–Kier alpha value is -3.58. The highest BCUT2D eigenvalue weighted by Crippen LogP contribution is 2.30. The van der Waals surface area contributed by atoms with Crippen molar-refractivity contribution in [1.29, 1.82) is 0 Å². The smallest absolute Gasteiger partial charge is 0.313 e. The van der Waals surface area contributed by atoms with Gasteiger partial charge in [0.15, 0.2) is 0 Å². The van der Waals surface area contributed by atoms with E-state index in [4.69, 9.17) is 0 Å². The molecule has 4 rings (SSSR count). The third kappa shape index (κ3) is 4.05. The molecule has 6 nitrogen and oxygen atoms in total. The SMILES string of the molecule is O=C(NCc1ccccn1)C(=O)Nc1ccc(-c2nc3ccccc3s2)cc1. The highest BCUT2D eigenvalue weighted by Gasteiger charge is 2.14. The third-order valence-corrected chi connectivity index (χ3v) is 5.13. The fourth-order valence-corrected chi connectivity index (χ4v) is 3.60. The lowest BCUT2D eigenvalue weighted by molar-refractivity contribution is -0.136. The number of hydrogen-bond acceptors (Lipinski definition) is 5. The molecule has 2 heterocycles. The predicted octanol–water partition coefficient (Wildman–Crippen LogP) is 3.61. The molecule has 0 aliphatic rings. The Labute approximate surface area is 165 Å². The molecule has 0 unspecified atom stereocenters. The van der Waals surface area contributed by atoms with Gasteiger partial charge in [0.2, 0.25) is 0 Å². The molecule has 2 aromatic carbocycles. The minimum Gasteiger partial charge on any atom is -0.342 e. The van der Waals surface area contributed by atoms with Crippen LogP contribution in [-0.4, -0.2) is 21.8 Å². The quantitative estimate of drug-likeness (QED) is 0.523. The largest absolute Gasteiger partial charge is 0.342 e. The molecule has 0 radical (unpaired) electrons. The molecule has 0 fully saturated rings. The maximum atomic E-state index is 12.1. The third-order valence-electron chi connectivity index (χ3n) is 4.05. The molecule has 0 saturated carbocycles. The van der Waals surface area contributed by atoms with E-state index in [1.807, 2.05) is 42.5 Å². The monoisotopic (exact) mass is 388 g/mol. The van der Waals surface area contributed by atoms with E-state index in [-0.39, 0.29) is 6.54 Å². The molecular formula is C21H16N4O2S. The Morgan fingerprint density at radius 2 is 1.68 bits per heavy atom. The Balaban J connectivity index is 1.38. The van der Waals surface area contributed by atoms with E-state index in [0.29, 0.717) is 11.4 Å². The Kier molecular flexibility index (Phi) is 5.07. The van der Waals surface area contributed by atoms with Gasteiger partial charge in [-0.05, 0) is 48.5 Å². The zero-order valence-corrected chi connectivity index (χ0v) is 15.6. The van der Waals surface area contributed by atoms with Crippen LogP contribution in [0.15, 0.2) is 72.9 Å². The van der Waals surface area contributed by atoms with E-state index < -0.39 is 11.8 Å². The second kappa shape index (κ2) is 7.98. The summed E-state index contributed by atoms with van der Waals surface area (Å²) >= 11 is 1.61. The lowest BCUT2D eigenvalue weighted by Crippen LogP contribution is -2.35. The summed E-state index contributed by atoms with van der Waals surface area (Å²) in [5.74, 6) is -1.43. The summed E-state index contributed by atoms with van der Waals surface area (Å²) < 4.78 is 1.12. The van der Waals surface area contributed by atoms with Gasteiger partial charge in [0, 0.05) is 17.4 Å². The van der Waals surface area contributed by atoms with Crippen LogP contribution >= 0.6 is 11.3 Å². The molecule has 0 aliphatic carbocycles. The van der Waals surface area contributed by atoms with E-state index in [1.165, 1.54) is 0 Å². The molecule has 0 bridgehead atoms. The molecule has 138 valence electrons. The van der Waals surface area contributed by atoms with Crippen LogP contribution < -0.4 is 10.6 Å². The average molecular weight is 388 g/mol. The highest BCUT2D eigenvalue weighted by atomic mass is 32.1. The van der Waals surface area contributed by atoms with Crippen molar-refractivity contribution >= 4 is 39.1 Å². The van der Waals surface area contributed by atoms with Gasteiger partial charge in [-0.15, -0.1) is 11.3 Å². The molecular weight excluding hydrogens is 372 g/mol. The molecule has 4 aromatic rings. The van der Waals surface area contributed by atoms with Crippen molar-refractivity contribution in [2.24, 2.45) is 0 Å². The van der Waals surface area contributed by atoms with Crippen molar-refractivity contribution in [3.63, 3.8) is 0 Å². The van der Waals surface area contributed by atoms with Crippen LogP contribution in [-0.2, 0) is 16.1 Å². The first-order valence-electron chi connectivity index (χ1n) is 8.64. The van der Waals surface area contributed by atoms with Gasteiger partial charge in [0.25, 0.3) is 0 Å². The van der Waals surface area contributed by atoms with Gasteiger partial charge in [0.05, 0.1) is 22.5 Å². The normalized spacial score (nSPS) is 10.6. The highest BCUT2D eigenvalue weighted by molar-refractivity contribution is 7.21. The van der Waals surface area contributed by atoms with Crippen LogP contribution in [0.4, 0.5) is 5.69 Å². The minimum absolute atomic E-state index is 0.198. The Morgan fingerprint density at radius 1 is 0.893 bits per heavy atom. The lowest BCUT2D eigenvalue weighted by atomic mass is 10.2. The summed E-state index contributed by atoms with van der Waals surface area (Å²) in [5, 5.41) is 6.05. The van der Waals surface area contributed by atoms with Crippen molar-refractivity contribution in [3.05, 3.63) is 78.6 Å². The number of carbonyl (C=O) groups excluding carboxylic acids is 2. The maximum absolute atomic E-state index is 12.1. The van der Waals surface area contributed by atoms with Gasteiger partial charge >= 0.3 is 11.8 Å². The minimum atomic E-state index is -0.719. The van der Waals surface area contributed by atoms with Crippen LogP contribution in [0.25, 0.3) is 20.8 Å². The van der Waals surface area contributed by atoms with Gasteiger partial charge in [0.1, 0.15) is 5.01 Å². The van der Waals surface area contributed by atoms with Crippen molar-refractivity contribution in [2.75, 3.05) is 5.32 Å². The van der Waals surface area contributed by atoms with Crippen molar-refractivity contribution in [1.82, 2.24) is 15.3 Å². The van der Waals surface area contributed by atoms with E-state index in [2.05, 4.69) is 20.6 Å². The second-order valence-electron chi connectivity index (χ2n) is 6.02. The topological polar surface area (TPSA) is 84.0 Å². The summed E-state index contributed by atoms with van der Waals surface area (Å²) in [6.07, 6.45) is 1.63. The first-order chi connectivity index (χ1) is 13.7.